The highest BCUT2D eigenvalue weighted by Gasteiger charge is 2.32. The van der Waals surface area contributed by atoms with Gasteiger partial charge in [-0.25, -0.2) is 19.6 Å². The van der Waals surface area contributed by atoms with Crippen LogP contribution in [-0.4, -0.2) is 68.3 Å². The molecular formula is C18H22F3N7O4. The molecule has 0 aliphatic carbocycles. The molecule has 0 bridgehead atoms. The van der Waals surface area contributed by atoms with Gasteiger partial charge in [-0.3, -0.25) is 13.9 Å². The zero-order valence-corrected chi connectivity index (χ0v) is 17.2. The summed E-state index contributed by atoms with van der Waals surface area (Å²) in [5.41, 5.74) is 3.59. The van der Waals surface area contributed by atoms with Crippen LogP contribution in [0.4, 0.5) is 23.9 Å². The van der Waals surface area contributed by atoms with Gasteiger partial charge in [-0.15, -0.1) is 0 Å². The van der Waals surface area contributed by atoms with Crippen molar-refractivity contribution in [2.45, 2.75) is 32.3 Å². The molecule has 3 heterocycles. The van der Waals surface area contributed by atoms with Crippen LogP contribution >= 0.6 is 0 Å². The second-order valence-corrected chi connectivity index (χ2v) is 7.25. The van der Waals surface area contributed by atoms with Gasteiger partial charge in [-0.2, -0.15) is 13.2 Å². The molecule has 1 unspecified atom stereocenters. The molecule has 2 aromatic heterocycles. The van der Waals surface area contributed by atoms with Crippen LogP contribution < -0.4 is 16.3 Å². The maximum atomic E-state index is 12.6. The number of anilines is 1. The zero-order chi connectivity index (χ0) is 23.5. The molecule has 1 aliphatic rings. The molecule has 2 amide bonds. The molecule has 0 radical (unpaired) electrons. The summed E-state index contributed by atoms with van der Waals surface area (Å²) in [5.74, 6) is -0.120. The molecule has 32 heavy (non-hydrogen) atoms. The molecule has 0 aromatic carbocycles. The molecule has 1 fully saturated rings. The van der Waals surface area contributed by atoms with E-state index in [0.717, 1.165) is 12.4 Å². The summed E-state index contributed by atoms with van der Waals surface area (Å²) >= 11 is 0. The Hall–Kier alpha value is -3.58. The number of ether oxygens (including phenoxy) is 1. The minimum atomic E-state index is -4.51. The SMILES string of the molecule is CC(Cn1ccn(CC(=O)N2CCN(c3ncc(C(F)(F)F)cn3)CC2)c1=O)OC(N)=O. The number of carbonyl (C=O) groups excluding carboxylic acids is 2. The van der Waals surface area contributed by atoms with Crippen molar-refractivity contribution in [2.24, 2.45) is 5.73 Å². The van der Waals surface area contributed by atoms with Crippen molar-refractivity contribution in [3.05, 3.63) is 40.8 Å². The number of alkyl halides is 3. The van der Waals surface area contributed by atoms with Crippen LogP contribution in [0, 0.1) is 0 Å². The highest BCUT2D eigenvalue weighted by atomic mass is 19.4. The molecule has 1 atom stereocenters. The molecule has 1 aliphatic heterocycles. The normalized spacial score (nSPS) is 15.5. The van der Waals surface area contributed by atoms with E-state index in [-0.39, 0.29) is 24.9 Å². The van der Waals surface area contributed by atoms with Gasteiger partial charge < -0.3 is 20.3 Å². The Balaban J connectivity index is 1.54. The van der Waals surface area contributed by atoms with Gasteiger partial charge >= 0.3 is 18.0 Å². The quantitative estimate of drug-likeness (QED) is 0.660. The van der Waals surface area contributed by atoms with E-state index in [0.29, 0.717) is 26.2 Å². The standard InChI is InChI=1S/C18H22F3N7O4/c1-12(32-15(22)30)10-27-6-7-28(17(27)31)11-14(29)25-2-4-26(5-3-25)16-23-8-13(9-24-16)18(19,20)21/h6-9,12H,2-5,10-11H2,1H3,(H2,22,30). The average molecular weight is 457 g/mol. The molecule has 0 spiro atoms. The predicted octanol–water partition coefficient (Wildman–Crippen LogP) is 0.291. The first kappa shape index (κ1) is 23.1. The largest absolute Gasteiger partial charge is 0.445 e. The van der Waals surface area contributed by atoms with Crippen molar-refractivity contribution in [3.63, 3.8) is 0 Å². The van der Waals surface area contributed by atoms with E-state index in [1.54, 1.807) is 16.7 Å². The van der Waals surface area contributed by atoms with E-state index in [1.807, 2.05) is 0 Å². The molecular weight excluding hydrogens is 435 g/mol. The third kappa shape index (κ3) is 5.56. The molecule has 2 N–H and O–H groups in total. The van der Waals surface area contributed by atoms with Crippen LogP contribution in [0.3, 0.4) is 0 Å². The summed E-state index contributed by atoms with van der Waals surface area (Å²) in [6.07, 6.45) is -1.66. The zero-order valence-electron chi connectivity index (χ0n) is 17.2. The fourth-order valence-electron chi connectivity index (χ4n) is 3.26. The van der Waals surface area contributed by atoms with E-state index in [4.69, 9.17) is 10.5 Å². The highest BCUT2D eigenvalue weighted by Crippen LogP contribution is 2.28. The molecule has 2 aromatic rings. The van der Waals surface area contributed by atoms with Crippen LogP contribution in [0.25, 0.3) is 0 Å². The van der Waals surface area contributed by atoms with Gasteiger partial charge in [0.2, 0.25) is 11.9 Å². The summed E-state index contributed by atoms with van der Waals surface area (Å²) in [5, 5.41) is 0. The number of rotatable bonds is 6. The molecule has 14 heteroatoms. The van der Waals surface area contributed by atoms with E-state index >= 15 is 0 Å². The van der Waals surface area contributed by atoms with E-state index in [1.165, 1.54) is 21.5 Å². The van der Waals surface area contributed by atoms with Crippen LogP contribution in [0.15, 0.2) is 29.6 Å². The van der Waals surface area contributed by atoms with Gasteiger partial charge in [0.25, 0.3) is 0 Å². The second-order valence-electron chi connectivity index (χ2n) is 7.25. The third-order valence-corrected chi connectivity index (χ3v) is 4.88. The Labute approximate surface area is 180 Å². The minimum Gasteiger partial charge on any atom is -0.445 e. The Morgan fingerprint density at radius 1 is 1.12 bits per heavy atom. The van der Waals surface area contributed by atoms with E-state index in [9.17, 15) is 27.6 Å². The lowest BCUT2D eigenvalue weighted by molar-refractivity contribution is -0.138. The maximum Gasteiger partial charge on any atom is 0.419 e. The van der Waals surface area contributed by atoms with Gasteiger partial charge in [-0.05, 0) is 6.92 Å². The number of nitrogens with zero attached hydrogens (tertiary/aromatic N) is 6. The van der Waals surface area contributed by atoms with Crippen molar-refractivity contribution in [3.8, 4) is 0 Å². The Morgan fingerprint density at radius 2 is 1.72 bits per heavy atom. The lowest BCUT2D eigenvalue weighted by Gasteiger charge is -2.34. The lowest BCUT2D eigenvalue weighted by Crippen LogP contribution is -2.50. The Morgan fingerprint density at radius 3 is 2.28 bits per heavy atom. The third-order valence-electron chi connectivity index (χ3n) is 4.88. The van der Waals surface area contributed by atoms with Crippen molar-refractivity contribution in [1.29, 1.82) is 0 Å². The molecule has 3 rings (SSSR count). The number of piperazine rings is 1. The van der Waals surface area contributed by atoms with Gasteiger partial charge in [0, 0.05) is 51.0 Å². The topological polar surface area (TPSA) is 129 Å². The number of carbonyl (C=O) groups is 2. The summed E-state index contributed by atoms with van der Waals surface area (Å²) in [6, 6.07) is 0. The molecule has 174 valence electrons. The Kier molecular flexibility index (Phi) is 6.69. The summed E-state index contributed by atoms with van der Waals surface area (Å²) in [7, 11) is 0. The van der Waals surface area contributed by atoms with E-state index < -0.39 is 29.6 Å². The number of amides is 2. The van der Waals surface area contributed by atoms with Crippen LogP contribution in [0.5, 0.6) is 0 Å². The first-order valence-corrected chi connectivity index (χ1v) is 9.68. The van der Waals surface area contributed by atoms with Crippen LogP contribution in [0.1, 0.15) is 12.5 Å². The number of halogens is 3. The van der Waals surface area contributed by atoms with Gasteiger partial charge in [0.05, 0.1) is 12.1 Å². The van der Waals surface area contributed by atoms with Gasteiger partial charge in [0.1, 0.15) is 12.6 Å². The van der Waals surface area contributed by atoms with Crippen molar-refractivity contribution < 1.29 is 27.5 Å². The number of aromatic nitrogens is 4. The summed E-state index contributed by atoms with van der Waals surface area (Å²) in [6.45, 7) is 2.80. The highest BCUT2D eigenvalue weighted by molar-refractivity contribution is 5.76. The molecule has 0 saturated carbocycles. The summed E-state index contributed by atoms with van der Waals surface area (Å²) < 4.78 is 45.2. The molecule has 11 nitrogen and oxygen atoms in total. The maximum absolute atomic E-state index is 12.6. The fourth-order valence-corrected chi connectivity index (χ4v) is 3.26. The number of hydrogen-bond donors (Lipinski definition) is 1. The lowest BCUT2D eigenvalue weighted by atomic mass is 10.3. The predicted molar refractivity (Wildman–Crippen MR) is 105 cm³/mol. The van der Waals surface area contributed by atoms with Crippen LogP contribution in [-0.2, 0) is 28.8 Å². The number of imidazole rings is 1. The second kappa shape index (κ2) is 9.28. The average Bonchev–Trinajstić information content (AvgIpc) is 3.06. The monoisotopic (exact) mass is 457 g/mol. The Bertz CT molecular complexity index is 1010. The fraction of sp³-hybridized carbons (Fsp3) is 0.500. The number of hydrogen-bond acceptors (Lipinski definition) is 7. The molecule has 1 saturated heterocycles. The minimum absolute atomic E-state index is 0.0920. The number of primary amides is 1. The van der Waals surface area contributed by atoms with Gasteiger partial charge in [0.15, 0.2) is 0 Å². The van der Waals surface area contributed by atoms with E-state index in [2.05, 4.69) is 9.97 Å². The first-order chi connectivity index (χ1) is 15.0. The van der Waals surface area contributed by atoms with Crippen molar-refractivity contribution in [2.75, 3.05) is 31.1 Å². The van der Waals surface area contributed by atoms with Crippen molar-refractivity contribution >= 4 is 17.9 Å². The van der Waals surface area contributed by atoms with Gasteiger partial charge in [-0.1, -0.05) is 0 Å². The van der Waals surface area contributed by atoms with Crippen molar-refractivity contribution in [1.82, 2.24) is 24.0 Å². The van der Waals surface area contributed by atoms with Crippen LogP contribution in [0.2, 0.25) is 0 Å². The summed E-state index contributed by atoms with van der Waals surface area (Å²) in [4.78, 5) is 46.6. The first-order valence-electron chi connectivity index (χ1n) is 9.68. The number of nitrogens with two attached hydrogens (primary N) is 1. The smallest absolute Gasteiger partial charge is 0.419 e.